The third kappa shape index (κ3) is 17.9. The van der Waals surface area contributed by atoms with Gasteiger partial charge < -0.3 is 67.7 Å². The number of alkyl carbamates (subject to hydrolysis) is 2. The number of fused-ring (bicyclic) bond motifs is 2. The molecule has 21 nitrogen and oxygen atoms in total. The zero-order valence-corrected chi connectivity index (χ0v) is 50.7. The Hall–Kier alpha value is -3.31. The molecule has 0 radical (unpaired) electrons. The fourth-order valence-electron chi connectivity index (χ4n) is 12.4. The molecule has 12 atom stereocenters. The number of likely N-dealkylation sites (tertiary alicyclic amines) is 2. The van der Waals surface area contributed by atoms with Crippen molar-refractivity contribution >= 4 is 107 Å². The van der Waals surface area contributed by atoms with Gasteiger partial charge in [0.25, 0.3) is 0 Å². The first kappa shape index (κ1) is 70.2. The van der Waals surface area contributed by atoms with Gasteiger partial charge in [-0.05, 0) is 104 Å². The third-order valence-corrected chi connectivity index (χ3v) is 19.3. The summed E-state index contributed by atoms with van der Waals surface area (Å²) in [5.41, 5.74) is 14.4. The normalized spacial score (nSPS) is 27.8. The number of aliphatic carboxylic acids is 1. The molecule has 0 aromatic heterocycles. The Morgan fingerprint density at radius 3 is 1.30 bits per heavy atom. The van der Waals surface area contributed by atoms with E-state index >= 15 is 0 Å². The number of halogens is 5. The number of rotatable bonds is 17. The van der Waals surface area contributed by atoms with E-state index in [-0.39, 0.29) is 74.3 Å². The van der Waals surface area contributed by atoms with Crippen LogP contribution < -0.4 is 33.2 Å². The van der Waals surface area contributed by atoms with Gasteiger partial charge in [-0.25, -0.2) is 14.4 Å². The molecule has 0 aromatic carbocycles. The molecule has 6 saturated carbocycles. The maximum absolute atomic E-state index is 14.1. The van der Waals surface area contributed by atoms with Gasteiger partial charge in [0.15, 0.2) is 6.10 Å². The van der Waals surface area contributed by atoms with Crippen molar-refractivity contribution in [2.75, 3.05) is 13.1 Å². The largest absolute Gasteiger partial charge is 0.480 e. The third-order valence-electron chi connectivity index (χ3n) is 17.2. The minimum Gasteiger partial charge on any atom is -0.480 e. The number of piperidine rings is 2. The van der Waals surface area contributed by atoms with E-state index in [4.69, 9.17) is 78.2 Å². The number of nitrogens with one attached hydrogen (secondary N) is 3. The van der Waals surface area contributed by atoms with E-state index in [2.05, 4.69) is 16.0 Å². The SMILES string of the molecule is C.CC(C)(C)OC(=O)N[C@H](C(=O)N1C[C@H]2[C@@H]([C@H]1C(=O)NC(CC1CCC1)C(O)C(N)=O)C2(Cl)Cl)C1CCCCC1.CC(C)(C)OC(=O)N[C@H](C(=O)N1C[C@H]2[C@@H]([C@H]1C(=O)O)C2(Cl)Cl)C1CCCCC1.Cl.NC(=O)C(O)C(N)CC1CCC1. The Labute approximate surface area is 503 Å². The zero-order chi connectivity index (χ0) is 58.7. The van der Waals surface area contributed by atoms with Crippen molar-refractivity contribution in [3.63, 3.8) is 0 Å². The van der Waals surface area contributed by atoms with Crippen LogP contribution in [0.25, 0.3) is 0 Å². The minimum atomic E-state index is -1.56. The Kier molecular flexibility index (Phi) is 24.9. The van der Waals surface area contributed by atoms with Gasteiger partial charge in [0.05, 0.1) is 6.04 Å². The summed E-state index contributed by atoms with van der Waals surface area (Å²) >= 11 is 25.4. The van der Waals surface area contributed by atoms with Crippen molar-refractivity contribution in [2.45, 2.75) is 233 Å². The van der Waals surface area contributed by atoms with Gasteiger partial charge in [-0.3, -0.25) is 24.0 Å². The molecule has 81 heavy (non-hydrogen) atoms. The Morgan fingerprint density at radius 2 is 0.951 bits per heavy atom. The lowest BCUT2D eigenvalue weighted by Crippen LogP contribution is -2.60. The number of hydrogen-bond donors (Lipinski definition) is 9. The van der Waals surface area contributed by atoms with Gasteiger partial charge in [-0.15, -0.1) is 58.8 Å². The number of ether oxygens (including phenoxy) is 2. The Bertz CT molecular complexity index is 2220. The molecule has 2 saturated heterocycles. The number of alkyl halides is 4. The molecule has 2 aliphatic heterocycles. The van der Waals surface area contributed by atoms with E-state index in [1.165, 1.54) is 29.1 Å². The summed E-state index contributed by atoms with van der Waals surface area (Å²) < 4.78 is 8.52. The minimum absolute atomic E-state index is 0. The second kappa shape index (κ2) is 28.7. The first-order chi connectivity index (χ1) is 36.7. The standard InChI is InChI=1S/C27H42Cl2N4O6.C19H28Cl2N2O5.C8H16N2O2.CH4.ClH/c1-26(2,3)39-25(38)32-19(15-10-5-4-6-11-15)24(37)33-13-16-18(27(16,28)29)20(33)23(36)31-17(21(34)22(30)35)12-14-8-7-9-14;1-18(2,3)28-17(27)22-13(10-7-5-4-6-8-10)15(24)23-9-11-12(19(11,20)21)14(23)16(25)26;9-6(7(11)8(10)12)4-5-2-1-3-5;;/h14-21,34H,4-13H2,1-3H3,(H2,30,35)(H,31,36)(H,32,38);10-14H,4-9H2,1-3H3,(H,22,27)(H,25,26);5-7,11H,1-4,9H2,(H2,10,12);1H4;1H/t16-,17?,18-,19-,20-,21?;11-,12-,13-,14-;;;/m00.../s1. The number of nitrogens with zero attached hydrogens (tertiary/aromatic N) is 2. The summed E-state index contributed by atoms with van der Waals surface area (Å²) in [7, 11) is 0. The summed E-state index contributed by atoms with van der Waals surface area (Å²) in [6.07, 6.45) is 12.7. The van der Waals surface area contributed by atoms with Gasteiger partial charge in [0, 0.05) is 42.8 Å². The highest BCUT2D eigenvalue weighted by Gasteiger charge is 2.75. The molecular formula is C55H91Cl5N8O13. The summed E-state index contributed by atoms with van der Waals surface area (Å²) in [6, 6.07) is -5.12. The predicted octanol–water partition coefficient (Wildman–Crippen LogP) is 6.20. The number of carbonyl (C=O) groups excluding carboxylic acids is 7. The summed E-state index contributed by atoms with van der Waals surface area (Å²) in [5.74, 6) is -4.90. The summed E-state index contributed by atoms with van der Waals surface area (Å²) in [5, 5.41) is 37.6. The first-order valence-corrected chi connectivity index (χ1v) is 29.8. The lowest BCUT2D eigenvalue weighted by atomic mass is 9.79. The quantitative estimate of drug-likeness (QED) is 0.0733. The second-order valence-corrected chi connectivity index (χ2v) is 28.3. The lowest BCUT2D eigenvalue weighted by molar-refractivity contribution is -0.151. The van der Waals surface area contributed by atoms with E-state index in [1.807, 2.05) is 0 Å². The smallest absolute Gasteiger partial charge is 0.408 e. The number of primary amides is 2. The average Bonchev–Trinajstić information content (AvgIpc) is 3.81. The number of carbonyl (C=O) groups is 8. The molecule has 0 bridgehead atoms. The molecule has 2 heterocycles. The summed E-state index contributed by atoms with van der Waals surface area (Å²) in [4.78, 5) is 103. The molecule has 12 N–H and O–H groups in total. The molecule has 8 aliphatic rings. The van der Waals surface area contributed by atoms with Gasteiger partial charge in [-0.1, -0.05) is 84.5 Å². The molecule has 0 aromatic rings. The van der Waals surface area contributed by atoms with Crippen LogP contribution in [0.4, 0.5) is 9.59 Å². The number of carboxylic acids is 1. The van der Waals surface area contributed by atoms with E-state index in [0.29, 0.717) is 18.8 Å². The first-order valence-electron chi connectivity index (χ1n) is 28.3. The van der Waals surface area contributed by atoms with E-state index in [9.17, 15) is 48.6 Å². The van der Waals surface area contributed by atoms with Crippen molar-refractivity contribution in [3.8, 4) is 0 Å². The monoisotopic (exact) mass is 1250 g/mol. The highest BCUT2D eigenvalue weighted by atomic mass is 35.5. The zero-order valence-electron chi connectivity index (χ0n) is 46.9. The van der Waals surface area contributed by atoms with Crippen molar-refractivity contribution in [1.82, 2.24) is 25.8 Å². The average molecular weight is 1250 g/mol. The molecule has 8 fully saturated rings. The molecule has 6 aliphatic carbocycles. The van der Waals surface area contributed by atoms with Gasteiger partial charge >= 0.3 is 18.2 Å². The number of amides is 7. The van der Waals surface area contributed by atoms with Crippen molar-refractivity contribution in [2.24, 2.45) is 64.5 Å². The van der Waals surface area contributed by atoms with Crippen LogP contribution >= 0.6 is 58.8 Å². The molecule has 0 spiro atoms. The van der Waals surface area contributed by atoms with E-state index in [1.54, 1.807) is 41.5 Å². The number of aliphatic hydroxyl groups excluding tert-OH is 2. The van der Waals surface area contributed by atoms with Crippen LogP contribution in [0.1, 0.15) is 165 Å². The number of carboxylic acid groups (broad SMARTS) is 1. The van der Waals surface area contributed by atoms with Crippen molar-refractivity contribution < 1.29 is 63.1 Å². The van der Waals surface area contributed by atoms with E-state index < -0.39 is 116 Å². The van der Waals surface area contributed by atoms with Crippen LogP contribution in [0.2, 0.25) is 0 Å². The van der Waals surface area contributed by atoms with Crippen LogP contribution in [0, 0.1) is 47.3 Å². The highest BCUT2D eigenvalue weighted by Crippen LogP contribution is 2.66. The van der Waals surface area contributed by atoms with Gasteiger partial charge in [0.2, 0.25) is 29.5 Å². The Balaban J connectivity index is 0.000000292. The molecule has 8 rings (SSSR count). The molecule has 26 heteroatoms. The molecular weight excluding hydrogens is 1160 g/mol. The van der Waals surface area contributed by atoms with Crippen LogP contribution in [-0.4, -0.2) is 154 Å². The van der Waals surface area contributed by atoms with Crippen LogP contribution in [0.5, 0.6) is 0 Å². The van der Waals surface area contributed by atoms with Gasteiger partial charge in [-0.2, -0.15) is 0 Å². The molecule has 464 valence electrons. The van der Waals surface area contributed by atoms with Crippen LogP contribution in [-0.2, 0) is 38.2 Å². The summed E-state index contributed by atoms with van der Waals surface area (Å²) in [6.45, 7) is 10.8. The molecule has 4 unspecified atom stereocenters. The number of hydrogen-bond acceptors (Lipinski definition) is 13. The maximum Gasteiger partial charge on any atom is 0.408 e. The fourth-order valence-corrected chi connectivity index (χ4v) is 14.1. The topological polar surface area (TPSA) is 336 Å². The van der Waals surface area contributed by atoms with Crippen molar-refractivity contribution in [1.29, 1.82) is 0 Å². The predicted molar refractivity (Wildman–Crippen MR) is 309 cm³/mol. The highest BCUT2D eigenvalue weighted by molar-refractivity contribution is 6.52. The molecule has 7 amide bonds. The van der Waals surface area contributed by atoms with E-state index in [0.717, 1.165) is 83.5 Å². The Morgan fingerprint density at radius 1 is 0.580 bits per heavy atom. The maximum atomic E-state index is 14.1. The van der Waals surface area contributed by atoms with Gasteiger partial charge in [0.1, 0.15) is 50.1 Å². The van der Waals surface area contributed by atoms with Crippen LogP contribution in [0.3, 0.4) is 0 Å². The fraction of sp³-hybridized carbons (Fsp3) is 0.855. The lowest BCUT2D eigenvalue weighted by Gasteiger charge is -2.37. The number of nitrogens with two attached hydrogens (primary N) is 3. The van der Waals surface area contributed by atoms with Crippen LogP contribution in [0.15, 0.2) is 0 Å². The second-order valence-electron chi connectivity index (χ2n) is 25.4. The number of aliphatic hydroxyl groups is 2. The van der Waals surface area contributed by atoms with Crippen molar-refractivity contribution in [3.05, 3.63) is 0 Å².